The first-order valence-corrected chi connectivity index (χ1v) is 8.17. The third-order valence-corrected chi connectivity index (χ3v) is 4.64. The molecule has 2 heterocycles. The Bertz CT molecular complexity index is 521. The van der Waals surface area contributed by atoms with Crippen LogP contribution in [0.3, 0.4) is 0 Å². The van der Waals surface area contributed by atoms with Crippen molar-refractivity contribution >= 4 is 0 Å². The van der Waals surface area contributed by atoms with Crippen LogP contribution >= 0.6 is 0 Å². The summed E-state index contributed by atoms with van der Waals surface area (Å²) >= 11 is 0. The van der Waals surface area contributed by atoms with Crippen LogP contribution in [0.4, 0.5) is 0 Å². The number of aromatic nitrogens is 3. The molecular weight excluding hydrogens is 260 g/mol. The Kier molecular flexibility index (Phi) is 4.44. The summed E-state index contributed by atoms with van der Waals surface area (Å²) in [6, 6.07) is 5.45. The molecule has 1 saturated carbocycles. The molecule has 1 N–H and O–H groups in total. The molecule has 3 rings (SSSR count). The average Bonchev–Trinajstić information content (AvgIpc) is 3.21. The Morgan fingerprint density at radius 2 is 2.10 bits per heavy atom. The van der Waals surface area contributed by atoms with E-state index in [0.717, 1.165) is 18.7 Å². The molecule has 0 aliphatic heterocycles. The van der Waals surface area contributed by atoms with Gasteiger partial charge >= 0.3 is 0 Å². The number of nitrogens with one attached hydrogen (secondary N) is 1. The summed E-state index contributed by atoms with van der Waals surface area (Å²) in [5.74, 6) is 0. The Hall–Kier alpha value is -1.55. The van der Waals surface area contributed by atoms with Gasteiger partial charge in [0, 0.05) is 24.6 Å². The molecule has 0 amide bonds. The van der Waals surface area contributed by atoms with E-state index in [1.165, 1.54) is 31.2 Å². The second-order valence-electron chi connectivity index (χ2n) is 6.09. The highest BCUT2D eigenvalue weighted by atomic mass is 15.3. The summed E-state index contributed by atoms with van der Waals surface area (Å²) in [5.41, 5.74) is 2.51. The minimum absolute atomic E-state index is 0.447. The van der Waals surface area contributed by atoms with E-state index in [1.54, 1.807) is 0 Å². The summed E-state index contributed by atoms with van der Waals surface area (Å²) in [5, 5.41) is 8.12. The quantitative estimate of drug-likeness (QED) is 0.881. The Balaban J connectivity index is 1.66. The first-order chi connectivity index (χ1) is 10.3. The van der Waals surface area contributed by atoms with Gasteiger partial charge in [-0.2, -0.15) is 5.10 Å². The molecule has 1 aliphatic carbocycles. The molecule has 0 saturated heterocycles. The predicted octanol–water partition coefficient (Wildman–Crippen LogP) is 3.52. The number of rotatable bonds is 6. The molecule has 1 unspecified atom stereocenters. The lowest BCUT2D eigenvalue weighted by molar-refractivity contribution is 0.461. The number of hydrogen-bond acceptors (Lipinski definition) is 2. The lowest BCUT2D eigenvalue weighted by atomic mass is 10.1. The van der Waals surface area contributed by atoms with Crippen LogP contribution in [0.25, 0.3) is 0 Å². The smallest absolute Gasteiger partial charge is 0.0821 e. The van der Waals surface area contributed by atoms with E-state index in [0.29, 0.717) is 12.1 Å². The highest BCUT2D eigenvalue weighted by Gasteiger charge is 2.17. The highest BCUT2D eigenvalue weighted by molar-refractivity contribution is 5.16. The first-order valence-electron chi connectivity index (χ1n) is 8.17. The van der Waals surface area contributed by atoms with Crippen LogP contribution in [0.15, 0.2) is 30.7 Å². The Labute approximate surface area is 127 Å². The molecule has 2 aromatic rings. The molecule has 0 bridgehead atoms. The van der Waals surface area contributed by atoms with Crippen molar-refractivity contribution in [2.45, 2.75) is 57.7 Å². The number of nitrogens with zero attached hydrogens (tertiary/aromatic N) is 3. The van der Waals surface area contributed by atoms with Gasteiger partial charge in [0.15, 0.2) is 0 Å². The maximum atomic E-state index is 4.76. The summed E-state index contributed by atoms with van der Waals surface area (Å²) in [6.07, 6.45) is 12.9. The minimum atomic E-state index is 0.447. The van der Waals surface area contributed by atoms with E-state index in [2.05, 4.69) is 52.2 Å². The van der Waals surface area contributed by atoms with Crippen LogP contribution in [-0.4, -0.2) is 21.4 Å². The summed E-state index contributed by atoms with van der Waals surface area (Å²) in [6.45, 7) is 3.07. The van der Waals surface area contributed by atoms with Gasteiger partial charge in [-0.25, -0.2) is 0 Å². The highest BCUT2D eigenvalue weighted by Crippen LogP contribution is 2.28. The van der Waals surface area contributed by atoms with Crippen molar-refractivity contribution in [3.05, 3.63) is 42.0 Å². The zero-order valence-electron chi connectivity index (χ0n) is 13.1. The molecular formula is C17H26N4. The fourth-order valence-corrected chi connectivity index (χ4v) is 3.39. The van der Waals surface area contributed by atoms with Gasteiger partial charge in [0.25, 0.3) is 0 Å². The second-order valence-corrected chi connectivity index (χ2v) is 6.09. The largest absolute Gasteiger partial charge is 0.348 e. The minimum Gasteiger partial charge on any atom is -0.348 e. The summed E-state index contributed by atoms with van der Waals surface area (Å²) < 4.78 is 4.41. The van der Waals surface area contributed by atoms with Gasteiger partial charge in [0.05, 0.1) is 18.3 Å². The maximum Gasteiger partial charge on any atom is 0.0821 e. The van der Waals surface area contributed by atoms with Gasteiger partial charge in [0.1, 0.15) is 0 Å². The van der Waals surface area contributed by atoms with E-state index in [1.807, 2.05) is 7.05 Å². The molecule has 4 nitrogen and oxygen atoms in total. The van der Waals surface area contributed by atoms with Crippen LogP contribution in [0.5, 0.6) is 0 Å². The topological polar surface area (TPSA) is 34.8 Å². The molecule has 0 spiro atoms. The van der Waals surface area contributed by atoms with E-state index in [9.17, 15) is 0 Å². The first kappa shape index (κ1) is 14.4. The zero-order valence-corrected chi connectivity index (χ0v) is 13.1. The SMILES string of the molecule is CCC(NC)c1ccn(Cc2ccn(C3CCCC3)n2)c1. The third-order valence-electron chi connectivity index (χ3n) is 4.64. The van der Waals surface area contributed by atoms with Crippen LogP contribution in [0.1, 0.15) is 62.4 Å². The molecule has 21 heavy (non-hydrogen) atoms. The van der Waals surface area contributed by atoms with E-state index >= 15 is 0 Å². The van der Waals surface area contributed by atoms with Crippen molar-refractivity contribution < 1.29 is 0 Å². The van der Waals surface area contributed by atoms with Gasteiger partial charge in [-0.15, -0.1) is 0 Å². The van der Waals surface area contributed by atoms with Crippen molar-refractivity contribution in [3.8, 4) is 0 Å². The van der Waals surface area contributed by atoms with Crippen molar-refractivity contribution in [2.24, 2.45) is 0 Å². The molecule has 2 aromatic heterocycles. The molecule has 1 atom stereocenters. The van der Waals surface area contributed by atoms with Crippen molar-refractivity contribution in [1.29, 1.82) is 0 Å². The van der Waals surface area contributed by atoms with E-state index in [4.69, 9.17) is 5.10 Å². The number of hydrogen-bond donors (Lipinski definition) is 1. The standard InChI is InChI=1S/C17H26N4/c1-3-17(18-2)14-8-10-20(12-14)13-15-9-11-21(19-15)16-6-4-5-7-16/h8-12,16-18H,3-7,13H2,1-2H3. The van der Waals surface area contributed by atoms with Gasteiger partial charge in [-0.05, 0) is 44.0 Å². The molecule has 1 fully saturated rings. The molecule has 0 aromatic carbocycles. The Morgan fingerprint density at radius 1 is 1.29 bits per heavy atom. The third kappa shape index (κ3) is 3.21. The van der Waals surface area contributed by atoms with E-state index in [-0.39, 0.29) is 0 Å². The van der Waals surface area contributed by atoms with Crippen LogP contribution in [0, 0.1) is 0 Å². The lowest BCUT2D eigenvalue weighted by Crippen LogP contribution is -2.14. The monoisotopic (exact) mass is 286 g/mol. The molecule has 114 valence electrons. The molecule has 0 radical (unpaired) electrons. The normalized spacial score (nSPS) is 17.4. The average molecular weight is 286 g/mol. The Morgan fingerprint density at radius 3 is 2.81 bits per heavy atom. The van der Waals surface area contributed by atoms with E-state index < -0.39 is 0 Å². The van der Waals surface area contributed by atoms with Crippen LogP contribution in [0.2, 0.25) is 0 Å². The summed E-state index contributed by atoms with van der Waals surface area (Å²) in [4.78, 5) is 0. The lowest BCUT2D eigenvalue weighted by Gasteiger charge is -2.11. The maximum absolute atomic E-state index is 4.76. The fourth-order valence-electron chi connectivity index (χ4n) is 3.39. The molecule has 1 aliphatic rings. The predicted molar refractivity (Wildman–Crippen MR) is 85.4 cm³/mol. The van der Waals surface area contributed by atoms with Crippen molar-refractivity contribution in [3.63, 3.8) is 0 Å². The summed E-state index contributed by atoms with van der Waals surface area (Å²) in [7, 11) is 2.02. The second kappa shape index (κ2) is 6.48. The molecule has 4 heteroatoms. The van der Waals surface area contributed by atoms with Gasteiger partial charge < -0.3 is 9.88 Å². The van der Waals surface area contributed by atoms with Crippen LogP contribution in [-0.2, 0) is 6.54 Å². The van der Waals surface area contributed by atoms with Crippen molar-refractivity contribution in [1.82, 2.24) is 19.7 Å². The fraction of sp³-hybridized carbons (Fsp3) is 0.588. The van der Waals surface area contributed by atoms with Crippen LogP contribution < -0.4 is 5.32 Å². The zero-order chi connectivity index (χ0) is 14.7. The van der Waals surface area contributed by atoms with Gasteiger partial charge in [0.2, 0.25) is 0 Å². The van der Waals surface area contributed by atoms with Crippen molar-refractivity contribution in [2.75, 3.05) is 7.05 Å². The van der Waals surface area contributed by atoms with Gasteiger partial charge in [-0.1, -0.05) is 19.8 Å². The van der Waals surface area contributed by atoms with Gasteiger partial charge in [-0.3, -0.25) is 4.68 Å².